The predicted molar refractivity (Wildman–Crippen MR) is 107 cm³/mol. The van der Waals surface area contributed by atoms with Crippen molar-refractivity contribution >= 4 is 17.5 Å². The van der Waals surface area contributed by atoms with Crippen LogP contribution in [-0.2, 0) is 6.18 Å². The molecule has 0 saturated carbocycles. The van der Waals surface area contributed by atoms with E-state index >= 15 is 0 Å². The van der Waals surface area contributed by atoms with E-state index in [1.165, 1.54) is 19.2 Å². The minimum absolute atomic E-state index is 0.00815. The number of aliphatic hydroxyl groups excluding tert-OH is 1. The maximum Gasteiger partial charge on any atom is 0.420 e. The molecule has 2 aromatic heterocycles. The fourth-order valence-electron chi connectivity index (χ4n) is 2.70. The number of anilines is 3. The molecule has 2 heterocycles. The number of aliphatic hydroxyl groups is 1. The maximum absolute atomic E-state index is 13.3. The maximum atomic E-state index is 13.3. The number of rotatable bonds is 8. The van der Waals surface area contributed by atoms with Gasteiger partial charge in [0.1, 0.15) is 11.6 Å². The fraction of sp³-hybridized carbons (Fsp3) is 0.250. The number of ether oxygens (including phenoxy) is 1. The summed E-state index contributed by atoms with van der Waals surface area (Å²) in [7, 11) is 1.19. The quantitative estimate of drug-likeness (QED) is 0.474. The Labute approximate surface area is 171 Å². The Hall–Kier alpha value is -3.40. The van der Waals surface area contributed by atoms with E-state index in [2.05, 4.69) is 25.6 Å². The summed E-state index contributed by atoms with van der Waals surface area (Å²) in [6, 6.07) is 8.84. The summed E-state index contributed by atoms with van der Waals surface area (Å²) in [6.45, 7) is 0.449. The fourth-order valence-corrected chi connectivity index (χ4v) is 2.70. The lowest BCUT2D eigenvalue weighted by molar-refractivity contribution is -0.138. The molecule has 1 aromatic carbocycles. The Morgan fingerprint density at radius 2 is 1.83 bits per heavy atom. The normalized spacial score (nSPS) is 11.2. The summed E-state index contributed by atoms with van der Waals surface area (Å²) >= 11 is 0. The van der Waals surface area contributed by atoms with Gasteiger partial charge in [0, 0.05) is 42.9 Å². The van der Waals surface area contributed by atoms with Crippen molar-refractivity contribution in [2.24, 2.45) is 0 Å². The molecule has 0 spiro atoms. The van der Waals surface area contributed by atoms with Crippen LogP contribution in [0.4, 0.5) is 30.6 Å². The van der Waals surface area contributed by atoms with Crippen LogP contribution in [0.5, 0.6) is 5.75 Å². The first-order chi connectivity index (χ1) is 14.4. The molecular weight excluding hydrogens is 399 g/mol. The topological polar surface area (TPSA) is 92.2 Å². The van der Waals surface area contributed by atoms with Gasteiger partial charge in [-0.05, 0) is 36.8 Å². The highest BCUT2D eigenvalue weighted by Gasteiger charge is 2.34. The molecule has 0 amide bonds. The molecule has 0 atom stereocenters. The van der Waals surface area contributed by atoms with Crippen LogP contribution in [-0.4, -0.2) is 40.3 Å². The first kappa shape index (κ1) is 21.3. The number of alkyl halides is 3. The van der Waals surface area contributed by atoms with Crippen molar-refractivity contribution in [3.63, 3.8) is 0 Å². The lowest BCUT2D eigenvalue weighted by atomic mass is 10.1. The highest BCUT2D eigenvalue weighted by molar-refractivity contribution is 5.68. The molecule has 0 aliphatic rings. The third-order valence-electron chi connectivity index (χ3n) is 4.10. The van der Waals surface area contributed by atoms with E-state index in [1.807, 2.05) is 0 Å². The van der Waals surface area contributed by atoms with Crippen LogP contribution in [0.1, 0.15) is 12.0 Å². The smallest absolute Gasteiger partial charge is 0.420 e. The SMILES string of the molecule is COc1ccc(Nc2cc(-c3ccncc3)nc(NCCCO)n2)cc1C(F)(F)F. The van der Waals surface area contributed by atoms with Crippen molar-refractivity contribution in [1.82, 2.24) is 15.0 Å². The molecule has 158 valence electrons. The van der Waals surface area contributed by atoms with E-state index in [9.17, 15) is 13.2 Å². The van der Waals surface area contributed by atoms with E-state index in [1.54, 1.807) is 30.6 Å². The third-order valence-corrected chi connectivity index (χ3v) is 4.10. The highest BCUT2D eigenvalue weighted by Crippen LogP contribution is 2.38. The monoisotopic (exact) mass is 419 g/mol. The van der Waals surface area contributed by atoms with Gasteiger partial charge in [-0.2, -0.15) is 18.2 Å². The van der Waals surface area contributed by atoms with Gasteiger partial charge in [-0.1, -0.05) is 0 Å². The molecule has 0 radical (unpaired) electrons. The second-order valence-corrected chi connectivity index (χ2v) is 6.24. The molecule has 7 nitrogen and oxygen atoms in total. The number of methoxy groups -OCH3 is 1. The zero-order valence-corrected chi connectivity index (χ0v) is 16.1. The number of halogens is 3. The number of hydrogen-bond donors (Lipinski definition) is 3. The number of aromatic nitrogens is 3. The van der Waals surface area contributed by atoms with Crippen LogP contribution in [0, 0.1) is 0 Å². The second-order valence-electron chi connectivity index (χ2n) is 6.24. The third kappa shape index (κ3) is 5.35. The molecule has 0 aliphatic heterocycles. The zero-order valence-electron chi connectivity index (χ0n) is 16.1. The predicted octanol–water partition coefficient (Wildman–Crippen LogP) is 4.10. The van der Waals surface area contributed by atoms with Gasteiger partial charge in [0.05, 0.1) is 18.4 Å². The summed E-state index contributed by atoms with van der Waals surface area (Å²) in [6.07, 6.45) is -0.835. The summed E-state index contributed by atoms with van der Waals surface area (Å²) in [5.74, 6) is 0.325. The standard InChI is InChI=1S/C20H20F3N5O2/c1-30-17-4-3-14(11-15(17)20(21,22)23)26-18-12-16(13-5-8-24-9-6-13)27-19(28-18)25-7-2-10-29/h3-6,8-9,11-12,29H,2,7,10H2,1H3,(H2,25,26,27,28). The molecule has 0 bridgehead atoms. The summed E-state index contributed by atoms with van der Waals surface area (Å²) < 4.78 is 44.7. The Morgan fingerprint density at radius 3 is 2.50 bits per heavy atom. The van der Waals surface area contributed by atoms with Gasteiger partial charge in [0.2, 0.25) is 5.95 Å². The number of pyridine rings is 1. The van der Waals surface area contributed by atoms with Crippen LogP contribution in [0.2, 0.25) is 0 Å². The Bertz CT molecular complexity index is 984. The zero-order chi connectivity index (χ0) is 21.6. The number of hydrogen-bond acceptors (Lipinski definition) is 7. The van der Waals surface area contributed by atoms with E-state index in [-0.39, 0.29) is 24.0 Å². The van der Waals surface area contributed by atoms with E-state index in [4.69, 9.17) is 9.84 Å². The summed E-state index contributed by atoms with van der Waals surface area (Å²) in [5.41, 5.74) is 0.640. The summed E-state index contributed by atoms with van der Waals surface area (Å²) in [5, 5.41) is 14.9. The highest BCUT2D eigenvalue weighted by atomic mass is 19.4. The van der Waals surface area contributed by atoms with Crippen molar-refractivity contribution in [2.45, 2.75) is 12.6 Å². The van der Waals surface area contributed by atoms with Crippen LogP contribution in [0.3, 0.4) is 0 Å². The molecule has 0 saturated heterocycles. The number of benzene rings is 1. The first-order valence-electron chi connectivity index (χ1n) is 9.07. The Kier molecular flexibility index (Phi) is 6.68. The first-order valence-corrected chi connectivity index (χ1v) is 9.07. The average Bonchev–Trinajstić information content (AvgIpc) is 2.74. The molecule has 3 aromatic rings. The van der Waals surface area contributed by atoms with Gasteiger partial charge in [-0.25, -0.2) is 4.98 Å². The van der Waals surface area contributed by atoms with Crippen LogP contribution < -0.4 is 15.4 Å². The van der Waals surface area contributed by atoms with Crippen molar-refractivity contribution in [1.29, 1.82) is 0 Å². The average molecular weight is 419 g/mol. The molecule has 0 aliphatic carbocycles. The lowest BCUT2D eigenvalue weighted by Crippen LogP contribution is -2.10. The van der Waals surface area contributed by atoms with Crippen molar-refractivity contribution < 1.29 is 23.0 Å². The van der Waals surface area contributed by atoms with Gasteiger partial charge in [0.15, 0.2) is 0 Å². The van der Waals surface area contributed by atoms with Gasteiger partial charge < -0.3 is 20.5 Å². The van der Waals surface area contributed by atoms with Crippen LogP contribution in [0.25, 0.3) is 11.3 Å². The molecule has 0 fully saturated rings. The van der Waals surface area contributed by atoms with E-state index < -0.39 is 11.7 Å². The molecule has 30 heavy (non-hydrogen) atoms. The molecule has 3 N–H and O–H groups in total. The van der Waals surface area contributed by atoms with Crippen molar-refractivity contribution in [3.05, 3.63) is 54.4 Å². The van der Waals surface area contributed by atoms with Gasteiger partial charge in [-0.15, -0.1) is 0 Å². The second kappa shape index (κ2) is 9.40. The van der Waals surface area contributed by atoms with E-state index in [0.29, 0.717) is 24.5 Å². The minimum Gasteiger partial charge on any atom is -0.496 e. The summed E-state index contributed by atoms with van der Waals surface area (Å²) in [4.78, 5) is 12.7. The van der Waals surface area contributed by atoms with Crippen molar-refractivity contribution in [2.75, 3.05) is 30.9 Å². The van der Waals surface area contributed by atoms with Crippen molar-refractivity contribution in [3.8, 4) is 17.0 Å². The molecular formula is C20H20F3N5O2. The number of nitrogens with one attached hydrogen (secondary N) is 2. The lowest BCUT2D eigenvalue weighted by Gasteiger charge is -2.15. The Morgan fingerprint density at radius 1 is 1.07 bits per heavy atom. The van der Waals surface area contributed by atoms with Gasteiger partial charge in [0.25, 0.3) is 0 Å². The van der Waals surface area contributed by atoms with Crippen LogP contribution in [0.15, 0.2) is 48.8 Å². The van der Waals surface area contributed by atoms with Gasteiger partial charge >= 0.3 is 6.18 Å². The van der Waals surface area contributed by atoms with E-state index in [0.717, 1.165) is 11.6 Å². The minimum atomic E-state index is -4.56. The van der Waals surface area contributed by atoms with Crippen LogP contribution >= 0.6 is 0 Å². The molecule has 10 heteroatoms. The molecule has 3 rings (SSSR count). The Balaban J connectivity index is 1.95. The molecule has 0 unspecified atom stereocenters. The van der Waals surface area contributed by atoms with Gasteiger partial charge in [-0.3, -0.25) is 4.98 Å². The largest absolute Gasteiger partial charge is 0.496 e. The number of nitrogens with zero attached hydrogens (tertiary/aromatic N) is 3.